The van der Waals surface area contributed by atoms with Crippen molar-refractivity contribution in [3.63, 3.8) is 0 Å². The fraction of sp³-hybridized carbons (Fsp3) is 0.0909. The first-order chi connectivity index (χ1) is 14.8. The van der Waals surface area contributed by atoms with Crippen molar-refractivity contribution in [1.29, 1.82) is 0 Å². The van der Waals surface area contributed by atoms with Gasteiger partial charge in [-0.3, -0.25) is 9.59 Å². The van der Waals surface area contributed by atoms with Gasteiger partial charge in [-0.05, 0) is 54.1 Å². The molecule has 0 radical (unpaired) electrons. The SMILES string of the molecule is COc1ccc(NC(=O)Cc2ccc(Cl)c(Cl)c2)cc1NC(=O)c1ccc(Cl)cc1F. The van der Waals surface area contributed by atoms with Gasteiger partial charge in [0.15, 0.2) is 0 Å². The minimum Gasteiger partial charge on any atom is -0.495 e. The molecule has 3 aromatic rings. The van der Waals surface area contributed by atoms with Crippen LogP contribution in [0, 0.1) is 5.82 Å². The predicted molar refractivity (Wildman–Crippen MR) is 121 cm³/mol. The van der Waals surface area contributed by atoms with Crippen LogP contribution in [0.1, 0.15) is 15.9 Å². The van der Waals surface area contributed by atoms with E-state index in [0.717, 1.165) is 6.07 Å². The highest BCUT2D eigenvalue weighted by atomic mass is 35.5. The van der Waals surface area contributed by atoms with E-state index in [1.807, 2.05) is 0 Å². The molecule has 0 heterocycles. The molecule has 0 saturated carbocycles. The van der Waals surface area contributed by atoms with Crippen LogP contribution in [-0.4, -0.2) is 18.9 Å². The first-order valence-electron chi connectivity index (χ1n) is 8.95. The maximum absolute atomic E-state index is 14.0. The summed E-state index contributed by atoms with van der Waals surface area (Å²) in [6.07, 6.45) is 0.0700. The first kappa shape index (κ1) is 22.9. The summed E-state index contributed by atoms with van der Waals surface area (Å²) in [5.74, 6) is -1.41. The highest BCUT2D eigenvalue weighted by molar-refractivity contribution is 6.42. The molecule has 0 aliphatic carbocycles. The van der Waals surface area contributed by atoms with Crippen LogP contribution < -0.4 is 15.4 Å². The first-order valence-corrected chi connectivity index (χ1v) is 10.1. The lowest BCUT2D eigenvalue weighted by Crippen LogP contribution is -2.16. The van der Waals surface area contributed by atoms with Crippen LogP contribution in [0.3, 0.4) is 0 Å². The van der Waals surface area contributed by atoms with E-state index in [4.69, 9.17) is 39.5 Å². The Morgan fingerprint density at radius 2 is 1.71 bits per heavy atom. The van der Waals surface area contributed by atoms with Gasteiger partial charge in [0.1, 0.15) is 11.6 Å². The fourth-order valence-electron chi connectivity index (χ4n) is 2.79. The summed E-state index contributed by atoms with van der Waals surface area (Å²) in [6.45, 7) is 0. The maximum Gasteiger partial charge on any atom is 0.258 e. The van der Waals surface area contributed by atoms with E-state index < -0.39 is 11.7 Å². The minimum atomic E-state index is -0.755. The summed E-state index contributed by atoms with van der Waals surface area (Å²) in [5.41, 5.74) is 1.18. The molecule has 0 aliphatic heterocycles. The Morgan fingerprint density at radius 3 is 2.39 bits per heavy atom. The average Bonchev–Trinajstić information content (AvgIpc) is 2.71. The molecule has 0 bridgehead atoms. The molecular formula is C22H16Cl3FN2O3. The van der Waals surface area contributed by atoms with Gasteiger partial charge in [-0.25, -0.2) is 4.39 Å². The zero-order valence-electron chi connectivity index (χ0n) is 16.1. The van der Waals surface area contributed by atoms with Crippen LogP contribution in [0.15, 0.2) is 54.6 Å². The average molecular weight is 482 g/mol. The standard InChI is InChI=1S/C22H16Cl3FN2O3/c1-31-20-7-4-14(27-21(29)9-12-2-6-16(24)17(25)8-12)11-19(20)28-22(30)15-5-3-13(23)10-18(15)26/h2-8,10-11H,9H2,1H3,(H,27,29)(H,28,30). The zero-order valence-corrected chi connectivity index (χ0v) is 18.4. The van der Waals surface area contributed by atoms with Gasteiger partial charge in [-0.2, -0.15) is 0 Å². The van der Waals surface area contributed by atoms with Crippen molar-refractivity contribution in [3.05, 3.63) is 86.6 Å². The number of benzene rings is 3. The topological polar surface area (TPSA) is 67.4 Å². The molecule has 5 nitrogen and oxygen atoms in total. The van der Waals surface area contributed by atoms with Crippen LogP contribution in [-0.2, 0) is 11.2 Å². The second-order valence-corrected chi connectivity index (χ2v) is 7.72. The molecular weight excluding hydrogens is 466 g/mol. The number of amides is 2. The summed E-state index contributed by atoms with van der Waals surface area (Å²) in [7, 11) is 1.43. The predicted octanol–water partition coefficient (Wildman–Crippen LogP) is 6.23. The normalized spacial score (nSPS) is 10.5. The third-order valence-electron chi connectivity index (χ3n) is 4.26. The minimum absolute atomic E-state index is 0.0700. The molecule has 2 N–H and O–H groups in total. The van der Waals surface area contributed by atoms with E-state index in [1.54, 1.807) is 30.3 Å². The Morgan fingerprint density at radius 1 is 0.935 bits per heavy atom. The molecule has 2 amide bonds. The van der Waals surface area contributed by atoms with Crippen molar-refractivity contribution >= 4 is 58.0 Å². The Balaban J connectivity index is 1.75. The molecule has 0 unspecified atom stereocenters. The summed E-state index contributed by atoms with van der Waals surface area (Å²) in [6, 6.07) is 13.4. The molecule has 3 rings (SSSR count). The number of rotatable bonds is 6. The van der Waals surface area contributed by atoms with E-state index in [0.29, 0.717) is 27.0 Å². The number of carbonyl (C=O) groups excluding carboxylic acids is 2. The Hall–Kier alpha value is -2.80. The molecule has 31 heavy (non-hydrogen) atoms. The highest BCUT2D eigenvalue weighted by Crippen LogP contribution is 2.29. The molecule has 0 fully saturated rings. The Kier molecular flexibility index (Phi) is 7.38. The smallest absolute Gasteiger partial charge is 0.258 e. The van der Waals surface area contributed by atoms with Crippen molar-refractivity contribution in [3.8, 4) is 5.75 Å². The van der Waals surface area contributed by atoms with E-state index in [-0.39, 0.29) is 28.6 Å². The van der Waals surface area contributed by atoms with Gasteiger partial charge in [0, 0.05) is 10.7 Å². The molecule has 0 aliphatic rings. The molecule has 9 heteroatoms. The third kappa shape index (κ3) is 5.88. The van der Waals surface area contributed by atoms with Crippen molar-refractivity contribution < 1.29 is 18.7 Å². The third-order valence-corrected chi connectivity index (χ3v) is 5.23. The number of nitrogens with one attached hydrogen (secondary N) is 2. The van der Waals surface area contributed by atoms with E-state index in [9.17, 15) is 14.0 Å². The molecule has 160 valence electrons. The zero-order chi connectivity index (χ0) is 22.5. The number of carbonyl (C=O) groups is 2. The lowest BCUT2D eigenvalue weighted by molar-refractivity contribution is -0.115. The van der Waals surface area contributed by atoms with Gasteiger partial charge in [-0.15, -0.1) is 0 Å². The Labute approximate surface area is 193 Å². The highest BCUT2D eigenvalue weighted by Gasteiger charge is 2.15. The molecule has 3 aromatic carbocycles. The number of hydrogen-bond acceptors (Lipinski definition) is 3. The van der Waals surface area contributed by atoms with Crippen molar-refractivity contribution in [1.82, 2.24) is 0 Å². The summed E-state index contributed by atoms with van der Waals surface area (Å²) < 4.78 is 19.3. The number of methoxy groups -OCH3 is 1. The van der Waals surface area contributed by atoms with Crippen LogP contribution >= 0.6 is 34.8 Å². The molecule has 0 spiro atoms. The number of halogens is 4. The lowest BCUT2D eigenvalue weighted by Gasteiger charge is -2.13. The maximum atomic E-state index is 14.0. The fourth-order valence-corrected chi connectivity index (χ4v) is 3.27. The van der Waals surface area contributed by atoms with Crippen LogP contribution in [0.4, 0.5) is 15.8 Å². The summed E-state index contributed by atoms with van der Waals surface area (Å²) in [4.78, 5) is 24.9. The number of anilines is 2. The van der Waals surface area contributed by atoms with E-state index in [2.05, 4.69) is 10.6 Å². The second-order valence-electron chi connectivity index (χ2n) is 6.47. The lowest BCUT2D eigenvalue weighted by atomic mass is 10.1. The summed E-state index contributed by atoms with van der Waals surface area (Å²) in [5, 5.41) is 6.26. The molecule has 0 atom stereocenters. The van der Waals surface area contributed by atoms with Gasteiger partial charge in [0.2, 0.25) is 5.91 Å². The van der Waals surface area contributed by atoms with Crippen molar-refractivity contribution in [2.75, 3.05) is 17.7 Å². The van der Waals surface area contributed by atoms with Gasteiger partial charge in [0.25, 0.3) is 5.91 Å². The molecule has 0 saturated heterocycles. The van der Waals surface area contributed by atoms with Gasteiger partial charge < -0.3 is 15.4 Å². The second kappa shape index (κ2) is 10.0. The van der Waals surface area contributed by atoms with Crippen LogP contribution in [0.5, 0.6) is 5.75 Å². The van der Waals surface area contributed by atoms with Crippen LogP contribution in [0.2, 0.25) is 15.1 Å². The van der Waals surface area contributed by atoms with Crippen molar-refractivity contribution in [2.45, 2.75) is 6.42 Å². The van der Waals surface area contributed by atoms with E-state index in [1.165, 1.54) is 25.3 Å². The van der Waals surface area contributed by atoms with Gasteiger partial charge >= 0.3 is 0 Å². The number of ether oxygens (including phenoxy) is 1. The van der Waals surface area contributed by atoms with Crippen LogP contribution in [0.25, 0.3) is 0 Å². The molecule has 0 aromatic heterocycles. The summed E-state index contributed by atoms with van der Waals surface area (Å²) >= 11 is 17.6. The van der Waals surface area contributed by atoms with E-state index >= 15 is 0 Å². The number of hydrogen-bond donors (Lipinski definition) is 2. The quantitative estimate of drug-likeness (QED) is 0.439. The van der Waals surface area contributed by atoms with Gasteiger partial charge in [-0.1, -0.05) is 40.9 Å². The monoisotopic (exact) mass is 480 g/mol. The van der Waals surface area contributed by atoms with Gasteiger partial charge in [0.05, 0.1) is 34.8 Å². The Bertz CT molecular complexity index is 1150. The largest absolute Gasteiger partial charge is 0.495 e. The van der Waals surface area contributed by atoms with Crippen molar-refractivity contribution in [2.24, 2.45) is 0 Å².